The first-order valence-electron chi connectivity index (χ1n) is 6.38. The molecule has 1 saturated heterocycles. The third-order valence-electron chi connectivity index (χ3n) is 3.44. The minimum Gasteiger partial charge on any atom is -0.345 e. The Kier molecular flexibility index (Phi) is 4.45. The summed E-state index contributed by atoms with van der Waals surface area (Å²) in [6.07, 6.45) is 5.57. The highest BCUT2D eigenvalue weighted by Crippen LogP contribution is 2.16. The summed E-state index contributed by atoms with van der Waals surface area (Å²) in [5.41, 5.74) is 0.722. The number of carbonyl (C=O) groups is 1. The Hall–Kier alpha value is -0.810. The summed E-state index contributed by atoms with van der Waals surface area (Å²) in [5, 5.41) is 3.47. The Morgan fingerprint density at radius 2 is 2.39 bits per heavy atom. The molecule has 2 heterocycles. The molecule has 1 aliphatic rings. The van der Waals surface area contributed by atoms with E-state index in [1.807, 2.05) is 35.8 Å². The van der Waals surface area contributed by atoms with Crippen LogP contribution in [-0.4, -0.2) is 41.6 Å². The van der Waals surface area contributed by atoms with Gasteiger partial charge < -0.3 is 14.8 Å². The van der Waals surface area contributed by atoms with Gasteiger partial charge in [0.05, 0.1) is 0 Å². The number of aryl methyl sites for hydroxylation is 1. The molecular weight excluding hydrogens is 294 g/mol. The first-order chi connectivity index (χ1) is 8.58. The number of rotatable bonds is 3. The fourth-order valence-electron chi connectivity index (χ4n) is 2.43. The predicted molar refractivity (Wildman–Crippen MR) is 75.7 cm³/mol. The fourth-order valence-corrected chi connectivity index (χ4v) is 2.95. The highest BCUT2D eigenvalue weighted by atomic mass is 79.9. The number of nitrogens with one attached hydrogen (secondary N) is 1. The van der Waals surface area contributed by atoms with Gasteiger partial charge in [0.25, 0.3) is 5.91 Å². The summed E-state index contributed by atoms with van der Waals surface area (Å²) in [6.45, 7) is 1.85. The Labute approximate surface area is 116 Å². The highest BCUT2D eigenvalue weighted by Gasteiger charge is 2.20. The zero-order valence-electron chi connectivity index (χ0n) is 10.9. The largest absolute Gasteiger partial charge is 0.345 e. The Bertz CT molecular complexity index is 424. The maximum absolute atomic E-state index is 12.3. The second-order valence-corrected chi connectivity index (χ2v) is 5.90. The summed E-state index contributed by atoms with van der Waals surface area (Å²) in [5.74, 6) is 0.0792. The molecule has 1 atom stereocenters. The number of carbonyl (C=O) groups excluding carboxylic acids is 1. The van der Waals surface area contributed by atoms with Crippen LogP contribution < -0.4 is 5.32 Å². The van der Waals surface area contributed by atoms with E-state index in [-0.39, 0.29) is 5.91 Å². The standard InChI is InChI=1S/C13H20BrN3O/c1-16-8-10(14)7-12(16)13(18)17(2)9-11-5-3-4-6-15-11/h7-8,11,15H,3-6,9H2,1-2H3. The average Bonchev–Trinajstić information content (AvgIpc) is 2.68. The first kappa shape index (κ1) is 13.6. The lowest BCUT2D eigenvalue weighted by molar-refractivity contribution is 0.0766. The normalized spacial score (nSPS) is 19.8. The number of halogens is 1. The Morgan fingerprint density at radius 1 is 1.61 bits per heavy atom. The third kappa shape index (κ3) is 3.14. The summed E-state index contributed by atoms with van der Waals surface area (Å²) in [4.78, 5) is 14.1. The van der Waals surface area contributed by atoms with Crippen molar-refractivity contribution < 1.29 is 4.79 Å². The number of nitrogens with zero attached hydrogens (tertiary/aromatic N) is 2. The van der Waals surface area contributed by atoms with E-state index in [1.54, 1.807) is 0 Å². The molecule has 0 aromatic carbocycles. The van der Waals surface area contributed by atoms with Gasteiger partial charge in [0.1, 0.15) is 5.69 Å². The average molecular weight is 314 g/mol. The van der Waals surface area contributed by atoms with E-state index in [1.165, 1.54) is 12.8 Å². The molecule has 2 rings (SSSR count). The predicted octanol–water partition coefficient (Wildman–Crippen LogP) is 2.00. The van der Waals surface area contributed by atoms with Crippen molar-refractivity contribution in [3.05, 3.63) is 22.4 Å². The fraction of sp³-hybridized carbons (Fsp3) is 0.615. The molecule has 0 bridgehead atoms. The molecule has 18 heavy (non-hydrogen) atoms. The van der Waals surface area contributed by atoms with E-state index < -0.39 is 0 Å². The monoisotopic (exact) mass is 313 g/mol. The number of aromatic nitrogens is 1. The maximum atomic E-state index is 12.3. The smallest absolute Gasteiger partial charge is 0.270 e. The zero-order valence-corrected chi connectivity index (χ0v) is 12.5. The molecule has 1 aromatic heterocycles. The highest BCUT2D eigenvalue weighted by molar-refractivity contribution is 9.10. The van der Waals surface area contributed by atoms with Crippen LogP contribution in [0, 0.1) is 0 Å². The number of piperidine rings is 1. The van der Waals surface area contributed by atoms with Gasteiger partial charge in [0.15, 0.2) is 0 Å². The molecule has 5 heteroatoms. The van der Waals surface area contributed by atoms with Gasteiger partial charge in [-0.1, -0.05) is 6.42 Å². The van der Waals surface area contributed by atoms with Crippen LogP contribution >= 0.6 is 15.9 Å². The van der Waals surface area contributed by atoms with Crippen LogP contribution in [-0.2, 0) is 7.05 Å². The topological polar surface area (TPSA) is 37.3 Å². The molecule has 1 amide bonds. The molecule has 100 valence electrons. The number of likely N-dealkylation sites (N-methyl/N-ethyl adjacent to an activating group) is 1. The summed E-state index contributed by atoms with van der Waals surface area (Å²) in [7, 11) is 3.77. The quantitative estimate of drug-likeness (QED) is 0.926. The SMILES string of the molecule is CN(CC1CCCCN1)C(=O)c1cc(Br)cn1C. The summed E-state index contributed by atoms with van der Waals surface area (Å²) < 4.78 is 2.80. The molecule has 0 radical (unpaired) electrons. The van der Waals surface area contributed by atoms with Gasteiger partial charge in [-0.3, -0.25) is 4.79 Å². The lowest BCUT2D eigenvalue weighted by Crippen LogP contribution is -2.44. The van der Waals surface area contributed by atoms with Crippen molar-refractivity contribution in [1.82, 2.24) is 14.8 Å². The van der Waals surface area contributed by atoms with Crippen molar-refractivity contribution in [2.75, 3.05) is 20.1 Å². The van der Waals surface area contributed by atoms with Gasteiger partial charge in [-0.05, 0) is 41.4 Å². The summed E-state index contributed by atoms with van der Waals surface area (Å²) >= 11 is 3.39. The van der Waals surface area contributed by atoms with Crippen molar-refractivity contribution in [1.29, 1.82) is 0 Å². The Balaban J connectivity index is 1.97. The van der Waals surface area contributed by atoms with Gasteiger partial charge in [-0.25, -0.2) is 0 Å². The van der Waals surface area contributed by atoms with Gasteiger partial charge in [0.2, 0.25) is 0 Å². The number of hydrogen-bond donors (Lipinski definition) is 1. The maximum Gasteiger partial charge on any atom is 0.270 e. The molecule has 1 fully saturated rings. The molecular formula is C13H20BrN3O. The van der Waals surface area contributed by atoms with Crippen LogP contribution in [0.1, 0.15) is 29.8 Å². The van der Waals surface area contributed by atoms with Gasteiger partial charge >= 0.3 is 0 Å². The van der Waals surface area contributed by atoms with Gasteiger partial charge in [-0.15, -0.1) is 0 Å². The second kappa shape index (κ2) is 5.89. The molecule has 4 nitrogen and oxygen atoms in total. The van der Waals surface area contributed by atoms with Crippen molar-refractivity contribution in [3.8, 4) is 0 Å². The van der Waals surface area contributed by atoms with Crippen LogP contribution in [0.25, 0.3) is 0 Å². The molecule has 1 aromatic rings. The number of hydrogen-bond acceptors (Lipinski definition) is 2. The first-order valence-corrected chi connectivity index (χ1v) is 7.18. The van der Waals surface area contributed by atoms with E-state index in [2.05, 4.69) is 21.2 Å². The Morgan fingerprint density at radius 3 is 2.94 bits per heavy atom. The zero-order chi connectivity index (χ0) is 13.1. The van der Waals surface area contributed by atoms with Crippen LogP contribution in [0.15, 0.2) is 16.7 Å². The van der Waals surface area contributed by atoms with Crippen molar-refractivity contribution in [2.24, 2.45) is 7.05 Å². The molecule has 0 aliphatic carbocycles. The van der Waals surface area contributed by atoms with Gasteiger partial charge in [0, 0.05) is 37.4 Å². The minimum atomic E-state index is 0.0792. The lowest BCUT2D eigenvalue weighted by atomic mass is 10.0. The minimum absolute atomic E-state index is 0.0792. The number of amides is 1. The van der Waals surface area contributed by atoms with Crippen LogP contribution in [0.5, 0.6) is 0 Å². The van der Waals surface area contributed by atoms with Gasteiger partial charge in [-0.2, -0.15) is 0 Å². The molecule has 1 unspecified atom stereocenters. The van der Waals surface area contributed by atoms with E-state index in [9.17, 15) is 4.79 Å². The van der Waals surface area contributed by atoms with Crippen LogP contribution in [0.2, 0.25) is 0 Å². The van der Waals surface area contributed by atoms with Crippen molar-refractivity contribution in [2.45, 2.75) is 25.3 Å². The van der Waals surface area contributed by atoms with Crippen molar-refractivity contribution in [3.63, 3.8) is 0 Å². The molecule has 0 spiro atoms. The van der Waals surface area contributed by atoms with Crippen LogP contribution in [0.4, 0.5) is 0 Å². The lowest BCUT2D eigenvalue weighted by Gasteiger charge is -2.28. The molecule has 0 saturated carbocycles. The second-order valence-electron chi connectivity index (χ2n) is 4.99. The molecule has 1 aliphatic heterocycles. The summed E-state index contributed by atoms with van der Waals surface area (Å²) in [6, 6.07) is 2.31. The van der Waals surface area contributed by atoms with Crippen LogP contribution in [0.3, 0.4) is 0 Å². The van der Waals surface area contributed by atoms with E-state index in [0.717, 1.165) is 29.7 Å². The third-order valence-corrected chi connectivity index (χ3v) is 3.88. The molecule has 1 N–H and O–H groups in total. The van der Waals surface area contributed by atoms with E-state index >= 15 is 0 Å². The van der Waals surface area contributed by atoms with Crippen molar-refractivity contribution >= 4 is 21.8 Å². The van der Waals surface area contributed by atoms with E-state index in [0.29, 0.717) is 6.04 Å². The van der Waals surface area contributed by atoms with E-state index in [4.69, 9.17) is 0 Å².